The van der Waals surface area contributed by atoms with Crippen LogP contribution in [-0.2, 0) is 0 Å². The topological polar surface area (TPSA) is 72.3 Å². The Balaban J connectivity index is 0. The Kier molecular flexibility index (Phi) is 10.1. The van der Waals surface area contributed by atoms with Crippen molar-refractivity contribution in [3.63, 3.8) is 0 Å². The van der Waals surface area contributed by atoms with Crippen LogP contribution in [0.2, 0.25) is 0 Å². The molecule has 0 saturated heterocycles. The molecule has 0 aliphatic rings. The molecule has 0 unspecified atom stereocenters. The van der Waals surface area contributed by atoms with E-state index in [1.54, 1.807) is 0 Å². The molecule has 4 radical (unpaired) electrons. The monoisotopic (exact) mass is 210 g/mol. The minimum absolute atomic E-state index is 0. The minimum Gasteiger partial charge on any atom is -0.390 e. The second kappa shape index (κ2) is 6.68. The van der Waals surface area contributed by atoms with Gasteiger partial charge in [0.15, 0.2) is 0 Å². The molecule has 0 amide bonds. The Bertz CT molecular complexity index is 32.1. The Morgan fingerprint density at radius 2 is 1.57 bits per heavy atom. The van der Waals surface area contributed by atoms with Gasteiger partial charge in [-0.1, -0.05) is 0 Å². The molecule has 4 heteroatoms. The molecule has 0 aliphatic carbocycles. The number of hydrogen-bond acceptors (Lipinski definition) is 3. The van der Waals surface area contributed by atoms with Crippen LogP contribution in [0, 0.1) is 0 Å². The first-order valence-corrected chi connectivity index (χ1v) is 1.89. The first-order valence-electron chi connectivity index (χ1n) is 1.89. The van der Waals surface area contributed by atoms with Crippen LogP contribution in [0.3, 0.4) is 0 Å². The maximum Gasteiger partial charge on any atom is 0.0784 e. The van der Waals surface area contributed by atoms with E-state index in [1.807, 2.05) is 0 Å². The number of nitrogens with two attached hydrogens (primary N) is 2. The third-order valence-electron chi connectivity index (χ3n) is 0.544. The molecule has 0 saturated carbocycles. The summed E-state index contributed by atoms with van der Waals surface area (Å²) >= 11 is 0. The summed E-state index contributed by atoms with van der Waals surface area (Å²) in [5.74, 6) is 0. The van der Waals surface area contributed by atoms with Crippen LogP contribution in [0.25, 0.3) is 0 Å². The van der Waals surface area contributed by atoms with E-state index in [-0.39, 0.29) is 37.0 Å². The molecule has 0 atom stereocenters. The van der Waals surface area contributed by atoms with Crippen LogP contribution in [0.5, 0.6) is 0 Å². The van der Waals surface area contributed by atoms with Crippen molar-refractivity contribution < 1.29 is 5.11 Å². The fourth-order valence-corrected chi connectivity index (χ4v) is 0.0962. The van der Waals surface area contributed by atoms with E-state index in [1.165, 1.54) is 0 Å². The maximum atomic E-state index is 8.42. The molecule has 0 fully saturated rings. The van der Waals surface area contributed by atoms with Gasteiger partial charge in [-0.2, -0.15) is 0 Å². The fraction of sp³-hybridized carbons (Fsp3) is 1.00. The SMILES string of the molecule is NCC(O)CN.[Sn]. The zero-order valence-corrected chi connectivity index (χ0v) is 6.95. The van der Waals surface area contributed by atoms with Crippen molar-refractivity contribution in [1.29, 1.82) is 0 Å². The van der Waals surface area contributed by atoms with Gasteiger partial charge in [-0.3, -0.25) is 0 Å². The molecule has 5 N–H and O–H groups in total. The summed E-state index contributed by atoms with van der Waals surface area (Å²) in [6.45, 7) is 0.521. The third kappa shape index (κ3) is 6.68. The van der Waals surface area contributed by atoms with Gasteiger partial charge < -0.3 is 16.6 Å². The Morgan fingerprint density at radius 1 is 1.29 bits per heavy atom. The maximum absolute atomic E-state index is 8.42. The molecule has 7 heavy (non-hydrogen) atoms. The first-order chi connectivity index (χ1) is 2.81. The summed E-state index contributed by atoms with van der Waals surface area (Å²) < 4.78 is 0. The fourth-order valence-electron chi connectivity index (χ4n) is 0.0962. The van der Waals surface area contributed by atoms with Crippen LogP contribution < -0.4 is 11.5 Å². The molecular formula is C3H10N2OSn. The van der Waals surface area contributed by atoms with Crippen molar-refractivity contribution >= 4 is 23.9 Å². The molecule has 0 spiro atoms. The Labute approximate surface area is 60.0 Å². The van der Waals surface area contributed by atoms with Gasteiger partial charge in [0.2, 0.25) is 0 Å². The van der Waals surface area contributed by atoms with E-state index in [4.69, 9.17) is 16.6 Å². The van der Waals surface area contributed by atoms with Gasteiger partial charge >= 0.3 is 0 Å². The molecule has 0 heterocycles. The summed E-state index contributed by atoms with van der Waals surface area (Å²) in [5, 5.41) is 8.42. The minimum atomic E-state index is -0.509. The number of aliphatic hydroxyl groups excluding tert-OH is 1. The summed E-state index contributed by atoms with van der Waals surface area (Å²) in [6, 6.07) is 0. The predicted octanol–water partition coefficient (Wildman–Crippen LogP) is -2.12. The van der Waals surface area contributed by atoms with Crippen molar-refractivity contribution in [2.75, 3.05) is 13.1 Å². The number of rotatable bonds is 2. The first kappa shape index (κ1) is 10.6. The number of hydrogen-bond donors (Lipinski definition) is 3. The predicted molar refractivity (Wildman–Crippen MR) is 29.9 cm³/mol. The second-order valence-electron chi connectivity index (χ2n) is 1.13. The van der Waals surface area contributed by atoms with Crippen LogP contribution in [0.4, 0.5) is 0 Å². The van der Waals surface area contributed by atoms with Crippen molar-refractivity contribution in [3.05, 3.63) is 0 Å². The molecule has 0 bridgehead atoms. The summed E-state index contributed by atoms with van der Waals surface area (Å²) in [4.78, 5) is 0. The van der Waals surface area contributed by atoms with Gasteiger partial charge in [-0.05, 0) is 0 Å². The molecule has 0 aromatic carbocycles. The van der Waals surface area contributed by atoms with E-state index < -0.39 is 6.10 Å². The van der Waals surface area contributed by atoms with E-state index in [2.05, 4.69) is 0 Å². The van der Waals surface area contributed by atoms with E-state index in [0.717, 1.165) is 0 Å². The van der Waals surface area contributed by atoms with Crippen molar-refractivity contribution in [3.8, 4) is 0 Å². The van der Waals surface area contributed by atoms with E-state index >= 15 is 0 Å². The standard InChI is InChI=1S/C3H10N2O.Sn/c4-1-3(6)2-5;/h3,6H,1-2,4-5H2;. The molecule has 0 aromatic heterocycles. The Morgan fingerprint density at radius 3 is 1.57 bits per heavy atom. The summed E-state index contributed by atoms with van der Waals surface area (Å²) in [5.41, 5.74) is 9.91. The van der Waals surface area contributed by atoms with Crippen molar-refractivity contribution in [2.24, 2.45) is 11.5 Å². The van der Waals surface area contributed by atoms with Gasteiger partial charge in [-0.25, -0.2) is 0 Å². The zero-order chi connectivity index (χ0) is 4.99. The van der Waals surface area contributed by atoms with Crippen LogP contribution in [-0.4, -0.2) is 48.2 Å². The molecule has 0 aromatic rings. The van der Waals surface area contributed by atoms with Crippen molar-refractivity contribution in [1.82, 2.24) is 0 Å². The van der Waals surface area contributed by atoms with Crippen LogP contribution >= 0.6 is 0 Å². The molecule has 42 valence electrons. The number of aliphatic hydroxyl groups is 1. The van der Waals surface area contributed by atoms with Gasteiger partial charge in [0.1, 0.15) is 0 Å². The quantitative estimate of drug-likeness (QED) is 0.455. The van der Waals surface area contributed by atoms with E-state index in [9.17, 15) is 0 Å². The van der Waals surface area contributed by atoms with Gasteiger partial charge in [0.25, 0.3) is 0 Å². The molecule has 0 aliphatic heterocycles. The molecule has 3 nitrogen and oxygen atoms in total. The summed E-state index contributed by atoms with van der Waals surface area (Å²) in [7, 11) is 0. The molecule has 0 rings (SSSR count). The van der Waals surface area contributed by atoms with Crippen LogP contribution in [0.15, 0.2) is 0 Å². The van der Waals surface area contributed by atoms with Gasteiger partial charge in [-0.15, -0.1) is 0 Å². The Hall–Kier alpha value is 0.679. The normalized spacial score (nSPS) is 8.57. The average molecular weight is 209 g/mol. The van der Waals surface area contributed by atoms with Gasteiger partial charge in [0.05, 0.1) is 6.10 Å². The smallest absolute Gasteiger partial charge is 0.0784 e. The summed E-state index contributed by atoms with van der Waals surface area (Å²) in [6.07, 6.45) is -0.509. The van der Waals surface area contributed by atoms with Crippen LogP contribution in [0.1, 0.15) is 0 Å². The average Bonchev–Trinajstić information content (AvgIpc) is 1.65. The molecular weight excluding hydrogens is 199 g/mol. The second-order valence-corrected chi connectivity index (χ2v) is 1.13. The van der Waals surface area contributed by atoms with Crippen molar-refractivity contribution in [2.45, 2.75) is 6.10 Å². The largest absolute Gasteiger partial charge is 0.390 e. The van der Waals surface area contributed by atoms with E-state index in [0.29, 0.717) is 0 Å². The van der Waals surface area contributed by atoms with Gasteiger partial charge in [0, 0.05) is 37.0 Å². The zero-order valence-electron chi connectivity index (χ0n) is 4.09. The third-order valence-corrected chi connectivity index (χ3v) is 0.544.